The highest BCUT2D eigenvalue weighted by molar-refractivity contribution is 6.11. The SMILES string of the molecule is CO[C@@H]([C@@H]1Cc2cc3cc(O[C@H]4C[C@@H](O[C@H]5C[C@@H](O)[C@H](O)[C@@H](C)O5)[C@H](O)[C@@H](C)O4)c(C)c(O)c3c(O)c2C(=O)[C@H]1O[C@H]1C[C@@H](O[C@H]2C[C@@H](O[C@H]3C[C@H](O)[C@H](O)[C@@H](C)O3)[C@H](O)[C@@H](C)O2)[C@H](O)[C@@H](C)O1)[C@@H](O)C(C)=O. The minimum atomic E-state index is -1.72. The van der Waals surface area contributed by atoms with Crippen LogP contribution in [0.2, 0.25) is 0 Å². The predicted octanol–water partition coefficient (Wildman–Crippen LogP) is -0.000280. The molecule has 2 aromatic carbocycles. The number of ether oxygens (including phenoxy) is 11. The van der Waals surface area contributed by atoms with Crippen molar-refractivity contribution in [2.75, 3.05) is 7.11 Å². The molecule has 6 aliphatic rings. The Morgan fingerprint density at radius 3 is 1.49 bits per heavy atom. The zero-order valence-corrected chi connectivity index (χ0v) is 42.0. The fourth-order valence-electron chi connectivity index (χ4n) is 10.9. The summed E-state index contributed by atoms with van der Waals surface area (Å²) >= 11 is 0. The van der Waals surface area contributed by atoms with Crippen molar-refractivity contribution in [3.8, 4) is 17.2 Å². The summed E-state index contributed by atoms with van der Waals surface area (Å²) < 4.78 is 66.4. The fraction of sp³-hybridized carbons (Fsp3) is 0.760. The molecule has 0 spiro atoms. The maximum Gasteiger partial charge on any atom is 0.202 e. The molecule has 23 heteroatoms. The van der Waals surface area contributed by atoms with Gasteiger partial charge in [0, 0.05) is 50.7 Å². The molecule has 5 fully saturated rings. The lowest BCUT2D eigenvalue weighted by atomic mass is 9.75. The number of Topliss-reactive ketones (excluding diaryl/α,β-unsaturated/α-hetero) is 2. The number of aliphatic hydroxyl groups excluding tert-OH is 8. The van der Waals surface area contributed by atoms with E-state index < -0.39 is 170 Å². The van der Waals surface area contributed by atoms with E-state index in [9.17, 15) is 60.7 Å². The fourth-order valence-corrected chi connectivity index (χ4v) is 10.9. The zero-order chi connectivity index (χ0) is 53.1. The van der Waals surface area contributed by atoms with Gasteiger partial charge in [0.1, 0.15) is 60.0 Å². The summed E-state index contributed by atoms with van der Waals surface area (Å²) in [5.41, 5.74) is 0.218. The molecule has 0 radical (unpaired) electrons. The van der Waals surface area contributed by atoms with Gasteiger partial charge in [-0.05, 0) is 78.0 Å². The van der Waals surface area contributed by atoms with E-state index in [1.165, 1.54) is 20.1 Å². The first-order valence-electron chi connectivity index (χ1n) is 25.0. The second-order valence-electron chi connectivity index (χ2n) is 20.5. The summed E-state index contributed by atoms with van der Waals surface area (Å²) in [6, 6.07) is 3.11. The average molecular weight is 1040 g/mol. The van der Waals surface area contributed by atoms with Crippen molar-refractivity contribution in [1.29, 1.82) is 0 Å². The number of benzene rings is 2. The minimum absolute atomic E-state index is 0.0158. The van der Waals surface area contributed by atoms with Gasteiger partial charge in [-0.1, -0.05) is 0 Å². The van der Waals surface area contributed by atoms with E-state index in [0.29, 0.717) is 0 Å². The van der Waals surface area contributed by atoms with Gasteiger partial charge in [-0.3, -0.25) is 9.59 Å². The molecule has 410 valence electrons. The smallest absolute Gasteiger partial charge is 0.202 e. The molecule has 5 saturated heterocycles. The number of carbonyl (C=O) groups is 2. The largest absolute Gasteiger partial charge is 0.507 e. The number of ketones is 2. The topological polar surface area (TPSA) is 338 Å². The van der Waals surface area contributed by atoms with Crippen LogP contribution in [0.25, 0.3) is 10.8 Å². The van der Waals surface area contributed by atoms with Gasteiger partial charge in [-0.25, -0.2) is 0 Å². The normalized spacial score (nSPS) is 42.3. The van der Waals surface area contributed by atoms with Crippen molar-refractivity contribution >= 4 is 22.3 Å². The molecule has 1 aliphatic carbocycles. The first-order valence-corrected chi connectivity index (χ1v) is 25.0. The highest BCUT2D eigenvalue weighted by Gasteiger charge is 2.50. The monoisotopic (exact) mass is 1040 g/mol. The molecular weight excluding hydrogens is 969 g/mol. The molecule has 0 amide bonds. The Morgan fingerprint density at radius 1 is 0.616 bits per heavy atom. The number of rotatable bonds is 14. The number of phenols is 2. The molecule has 73 heavy (non-hydrogen) atoms. The van der Waals surface area contributed by atoms with Crippen LogP contribution in [0.3, 0.4) is 0 Å². The minimum Gasteiger partial charge on any atom is -0.507 e. The van der Waals surface area contributed by atoms with E-state index in [1.54, 1.807) is 40.7 Å². The van der Waals surface area contributed by atoms with Crippen molar-refractivity contribution in [2.45, 2.75) is 228 Å². The van der Waals surface area contributed by atoms with Gasteiger partial charge in [0.2, 0.25) is 6.29 Å². The van der Waals surface area contributed by atoms with Crippen molar-refractivity contribution in [1.82, 2.24) is 0 Å². The Morgan fingerprint density at radius 2 is 1.04 bits per heavy atom. The maximum absolute atomic E-state index is 14.9. The number of hydrogen-bond donors (Lipinski definition) is 10. The molecular formula is C50H72O23. The van der Waals surface area contributed by atoms with Crippen LogP contribution >= 0.6 is 0 Å². The van der Waals surface area contributed by atoms with Crippen molar-refractivity contribution in [3.63, 3.8) is 0 Å². The molecule has 24 atom stereocenters. The van der Waals surface area contributed by atoms with Crippen LogP contribution in [0.4, 0.5) is 0 Å². The standard InChI is InChI=1S/C50H72O23/c1-17-29(69-35-14-30(44(58)21(5)66-35)70-33-12-27(52)42(56)19(3)64-33)11-25-9-24-10-26(49(63-8)41(55)18(2)51)50(48(62)39(24)47(61)38(25)40(17)54)73-37-16-32(46(60)23(7)68-37)72-36-15-31(45(59)22(6)67-36)71-34-13-28(53)43(57)20(4)65-34/h9,11,19-23,26-28,30-37,41-46,49-50,52-61H,10,12-16H2,1-8H3/t19-,20-,21-,22-,23-,26+,27-,28+,30-,31-,32-,33+,34+,35+,36+,37+,41+,42-,43-,44-,45-,46-,49+,50+/m1/s1. The second-order valence-corrected chi connectivity index (χ2v) is 20.5. The molecule has 23 nitrogen and oxygen atoms in total. The summed E-state index contributed by atoms with van der Waals surface area (Å²) in [4.78, 5) is 27.6. The summed E-state index contributed by atoms with van der Waals surface area (Å²) in [7, 11) is 1.26. The summed E-state index contributed by atoms with van der Waals surface area (Å²) in [6.07, 6.45) is -25.1. The lowest BCUT2D eigenvalue weighted by Crippen LogP contribution is -2.56. The van der Waals surface area contributed by atoms with Crippen LogP contribution < -0.4 is 4.74 Å². The first-order chi connectivity index (χ1) is 34.4. The second kappa shape index (κ2) is 22.7. The Labute approximate surface area is 421 Å². The quantitative estimate of drug-likeness (QED) is 0.119. The van der Waals surface area contributed by atoms with Gasteiger partial charge in [-0.15, -0.1) is 0 Å². The van der Waals surface area contributed by atoms with E-state index >= 15 is 0 Å². The number of aliphatic hydroxyl groups is 8. The van der Waals surface area contributed by atoms with Gasteiger partial charge >= 0.3 is 0 Å². The third-order valence-electron chi connectivity index (χ3n) is 15.3. The molecule has 8 rings (SSSR count). The van der Waals surface area contributed by atoms with Crippen LogP contribution in [0.1, 0.15) is 95.1 Å². The third-order valence-corrected chi connectivity index (χ3v) is 15.3. The van der Waals surface area contributed by atoms with Crippen molar-refractivity contribution in [2.24, 2.45) is 5.92 Å². The Hall–Kier alpha value is -3.28. The molecule has 5 aliphatic heterocycles. The number of carbonyl (C=O) groups excluding carboxylic acids is 2. The summed E-state index contributed by atoms with van der Waals surface area (Å²) in [5, 5.41) is 109. The number of phenolic OH excluding ortho intramolecular Hbond substituents is 2. The van der Waals surface area contributed by atoms with Crippen molar-refractivity contribution in [3.05, 3.63) is 28.8 Å². The van der Waals surface area contributed by atoms with E-state index in [1.807, 2.05) is 0 Å². The molecule has 0 aromatic heterocycles. The number of methoxy groups -OCH3 is 1. The molecule has 5 heterocycles. The Bertz CT molecular complexity index is 2240. The zero-order valence-electron chi connectivity index (χ0n) is 42.0. The van der Waals surface area contributed by atoms with Crippen LogP contribution in [-0.4, -0.2) is 211 Å². The first kappa shape index (κ1) is 55.9. The third kappa shape index (κ3) is 11.6. The molecule has 0 bridgehead atoms. The molecule has 0 saturated carbocycles. The van der Waals surface area contributed by atoms with Crippen LogP contribution in [-0.2, 0) is 58.6 Å². The van der Waals surface area contributed by atoms with Gasteiger partial charge < -0.3 is 103 Å². The van der Waals surface area contributed by atoms with E-state index in [-0.39, 0.29) is 71.7 Å². The van der Waals surface area contributed by atoms with Gasteiger partial charge in [0.25, 0.3) is 0 Å². The van der Waals surface area contributed by atoms with Crippen LogP contribution in [0, 0.1) is 12.8 Å². The van der Waals surface area contributed by atoms with Crippen LogP contribution in [0.5, 0.6) is 17.2 Å². The summed E-state index contributed by atoms with van der Waals surface area (Å²) in [5.74, 6) is -3.41. The highest BCUT2D eigenvalue weighted by atomic mass is 16.7. The lowest BCUT2D eigenvalue weighted by molar-refractivity contribution is -0.329. The highest BCUT2D eigenvalue weighted by Crippen LogP contribution is 2.47. The number of aromatic hydroxyl groups is 2. The predicted molar refractivity (Wildman–Crippen MR) is 248 cm³/mol. The van der Waals surface area contributed by atoms with Crippen LogP contribution in [0.15, 0.2) is 12.1 Å². The van der Waals surface area contributed by atoms with Crippen molar-refractivity contribution < 1.29 is 113 Å². The molecule has 10 N–H and O–H groups in total. The maximum atomic E-state index is 14.9. The van der Waals surface area contributed by atoms with E-state index in [2.05, 4.69) is 0 Å². The number of hydrogen-bond acceptors (Lipinski definition) is 23. The average Bonchev–Trinajstić information content (AvgIpc) is 3.32. The van der Waals surface area contributed by atoms with Gasteiger partial charge in [-0.2, -0.15) is 0 Å². The van der Waals surface area contributed by atoms with E-state index in [0.717, 1.165) is 6.92 Å². The lowest BCUT2D eigenvalue weighted by Gasteiger charge is -2.45. The molecule has 2 aromatic rings. The Balaban J connectivity index is 1.03. The van der Waals surface area contributed by atoms with Gasteiger partial charge in [0.15, 0.2) is 36.7 Å². The summed E-state index contributed by atoms with van der Waals surface area (Å²) in [6.45, 7) is 10.7. The van der Waals surface area contributed by atoms with Gasteiger partial charge in [0.05, 0.1) is 78.1 Å². The number of fused-ring (bicyclic) bond motifs is 2. The molecule has 0 unspecified atom stereocenters. The Kier molecular flexibility index (Phi) is 17.4. The van der Waals surface area contributed by atoms with E-state index in [4.69, 9.17) is 52.1 Å².